The van der Waals surface area contributed by atoms with E-state index in [4.69, 9.17) is 25.1 Å². The van der Waals surface area contributed by atoms with Crippen LogP contribution < -0.4 is 10.2 Å². The minimum absolute atomic E-state index is 0.0797. The molecule has 1 amide bonds. The van der Waals surface area contributed by atoms with E-state index in [1.54, 1.807) is 0 Å². The van der Waals surface area contributed by atoms with Crippen LogP contribution in [0.25, 0.3) is 10.4 Å². The van der Waals surface area contributed by atoms with Crippen LogP contribution in [-0.4, -0.2) is 60.4 Å². The Morgan fingerprint density at radius 3 is 2.64 bits per heavy atom. The van der Waals surface area contributed by atoms with Crippen molar-refractivity contribution in [3.05, 3.63) is 75.7 Å². The molecule has 1 atom stereocenters. The molecular formula is C26H32N6O4. The Morgan fingerprint density at radius 2 is 1.92 bits per heavy atom. The summed E-state index contributed by atoms with van der Waals surface area (Å²) in [5, 5.41) is 14.6. The van der Waals surface area contributed by atoms with Crippen molar-refractivity contribution in [2.75, 3.05) is 32.9 Å². The first kappa shape index (κ1) is 25.5. The molecule has 10 heteroatoms. The molecule has 0 saturated carbocycles. The number of hydrogen-bond acceptors (Lipinski definition) is 7. The maximum absolute atomic E-state index is 13.7. The molecule has 0 aromatic heterocycles. The van der Waals surface area contributed by atoms with Crippen molar-refractivity contribution in [3.63, 3.8) is 0 Å². The third-order valence-corrected chi connectivity index (χ3v) is 6.38. The molecule has 36 heavy (non-hydrogen) atoms. The second-order valence-electron chi connectivity index (χ2n) is 9.01. The molecule has 2 aromatic rings. The number of aliphatic hydroxyl groups is 1. The normalized spacial score (nSPS) is 19.6. The summed E-state index contributed by atoms with van der Waals surface area (Å²) in [5.41, 5.74) is 13.2. The van der Waals surface area contributed by atoms with Crippen molar-refractivity contribution in [2.45, 2.75) is 44.2 Å². The van der Waals surface area contributed by atoms with Crippen LogP contribution >= 0.6 is 0 Å². The summed E-state index contributed by atoms with van der Waals surface area (Å²) in [6.07, 6.45) is 4.12. The molecule has 2 aliphatic heterocycles. The van der Waals surface area contributed by atoms with Crippen LogP contribution in [0, 0.1) is 0 Å². The van der Waals surface area contributed by atoms with E-state index in [0.717, 1.165) is 49.0 Å². The molecule has 10 nitrogen and oxygen atoms in total. The fourth-order valence-electron chi connectivity index (χ4n) is 4.39. The maximum Gasteiger partial charge on any atom is 0.266 e. The fraction of sp³-hybridized carbons (Fsp3) is 0.462. The smallest absolute Gasteiger partial charge is 0.266 e. The molecule has 1 fully saturated rings. The van der Waals surface area contributed by atoms with E-state index in [0.29, 0.717) is 31.1 Å². The van der Waals surface area contributed by atoms with Crippen molar-refractivity contribution in [1.82, 2.24) is 10.4 Å². The highest BCUT2D eigenvalue weighted by Gasteiger charge is 2.45. The van der Waals surface area contributed by atoms with Crippen LogP contribution in [0.3, 0.4) is 0 Å². The summed E-state index contributed by atoms with van der Waals surface area (Å²) >= 11 is 0. The van der Waals surface area contributed by atoms with E-state index in [1.165, 1.54) is 0 Å². The summed E-state index contributed by atoms with van der Waals surface area (Å²) in [4.78, 5) is 21.4. The number of carbonyl (C=O) groups is 1. The number of amides is 1. The Balaban J connectivity index is 1.60. The molecule has 4 rings (SSSR count). The summed E-state index contributed by atoms with van der Waals surface area (Å²) in [6, 6.07) is 15.0. The lowest BCUT2D eigenvalue weighted by Crippen LogP contribution is -2.55. The standard InChI is InChI=1S/C26H32N6O4/c27-31-28-18-22-8-3-2-7-21(22)17-26(25(34)30-32-13-4-1-5-14-32)19-36-24(29-26)20-9-11-23(12-10-20)35-16-6-15-33/h2-3,7-12,33H,1,4-6,13-19H2,(H,30,34)/t26-/m0/s1. The van der Waals surface area contributed by atoms with Gasteiger partial charge < -0.3 is 14.6 Å². The number of benzene rings is 2. The number of aliphatic hydroxyl groups excluding tert-OH is 1. The first-order valence-electron chi connectivity index (χ1n) is 12.3. The van der Waals surface area contributed by atoms with Crippen LogP contribution in [0.2, 0.25) is 0 Å². The topological polar surface area (TPSA) is 132 Å². The molecule has 0 bridgehead atoms. The van der Waals surface area contributed by atoms with Crippen LogP contribution in [0.1, 0.15) is 42.4 Å². The monoisotopic (exact) mass is 492 g/mol. The number of ether oxygens (including phenoxy) is 2. The molecule has 1 saturated heterocycles. The van der Waals surface area contributed by atoms with Crippen LogP contribution in [0.15, 0.2) is 58.6 Å². The van der Waals surface area contributed by atoms with Gasteiger partial charge in [0.25, 0.3) is 5.91 Å². The van der Waals surface area contributed by atoms with Gasteiger partial charge in [0.2, 0.25) is 5.90 Å². The maximum atomic E-state index is 13.7. The van der Waals surface area contributed by atoms with Crippen molar-refractivity contribution >= 4 is 11.8 Å². The average Bonchev–Trinajstić information content (AvgIpc) is 3.35. The molecule has 0 radical (unpaired) electrons. The lowest BCUT2D eigenvalue weighted by molar-refractivity contribution is -0.132. The Kier molecular flexibility index (Phi) is 8.78. The lowest BCUT2D eigenvalue weighted by Gasteiger charge is -2.31. The van der Waals surface area contributed by atoms with Crippen molar-refractivity contribution in [2.24, 2.45) is 10.1 Å². The quantitative estimate of drug-likeness (QED) is 0.214. The largest absolute Gasteiger partial charge is 0.494 e. The van der Waals surface area contributed by atoms with Gasteiger partial charge >= 0.3 is 0 Å². The van der Waals surface area contributed by atoms with Crippen molar-refractivity contribution in [3.8, 4) is 5.75 Å². The van der Waals surface area contributed by atoms with Gasteiger partial charge in [-0.3, -0.25) is 10.2 Å². The fourth-order valence-corrected chi connectivity index (χ4v) is 4.39. The van der Waals surface area contributed by atoms with Gasteiger partial charge in [-0.2, -0.15) is 0 Å². The zero-order valence-corrected chi connectivity index (χ0v) is 20.3. The Bertz CT molecular complexity index is 1110. The number of aliphatic imine (C=N–C) groups is 1. The summed E-state index contributed by atoms with van der Waals surface area (Å²) in [6.45, 7) is 2.44. The molecule has 2 aromatic carbocycles. The number of hydrogen-bond donors (Lipinski definition) is 2. The third-order valence-electron chi connectivity index (χ3n) is 6.38. The molecule has 0 unspecified atom stereocenters. The lowest BCUT2D eigenvalue weighted by atomic mass is 9.89. The minimum Gasteiger partial charge on any atom is -0.494 e. The predicted molar refractivity (Wildman–Crippen MR) is 135 cm³/mol. The zero-order chi connectivity index (χ0) is 25.2. The first-order valence-corrected chi connectivity index (χ1v) is 12.3. The molecule has 2 aliphatic rings. The highest BCUT2D eigenvalue weighted by molar-refractivity contribution is 6.00. The van der Waals surface area contributed by atoms with Crippen LogP contribution in [0.4, 0.5) is 0 Å². The number of rotatable bonds is 11. The van der Waals surface area contributed by atoms with Gasteiger partial charge in [0.15, 0.2) is 5.54 Å². The Labute approximate surface area is 210 Å². The number of nitrogens with zero attached hydrogens (tertiary/aromatic N) is 5. The summed E-state index contributed by atoms with van der Waals surface area (Å²) < 4.78 is 11.6. The van der Waals surface area contributed by atoms with E-state index in [-0.39, 0.29) is 25.7 Å². The minimum atomic E-state index is -1.16. The van der Waals surface area contributed by atoms with E-state index in [2.05, 4.69) is 15.5 Å². The second-order valence-corrected chi connectivity index (χ2v) is 9.01. The van der Waals surface area contributed by atoms with E-state index < -0.39 is 5.54 Å². The number of carbonyl (C=O) groups excluding carboxylic acids is 1. The third kappa shape index (κ3) is 6.34. The summed E-state index contributed by atoms with van der Waals surface area (Å²) in [5.74, 6) is 0.882. The molecule has 190 valence electrons. The number of hydrazine groups is 1. The van der Waals surface area contributed by atoms with Crippen molar-refractivity contribution in [1.29, 1.82) is 0 Å². The van der Waals surface area contributed by atoms with Gasteiger partial charge in [0.05, 0.1) is 13.2 Å². The van der Waals surface area contributed by atoms with Gasteiger partial charge in [0.1, 0.15) is 12.4 Å². The average molecular weight is 493 g/mol. The molecule has 0 aliphatic carbocycles. The SMILES string of the molecule is [N-]=[N+]=NCc1ccccc1C[C@@]1(C(=O)NN2CCCCC2)COC(c2ccc(OCCCO)cc2)=N1. The van der Waals surface area contributed by atoms with E-state index in [9.17, 15) is 4.79 Å². The molecule has 0 spiro atoms. The number of azide groups is 1. The molecular weight excluding hydrogens is 460 g/mol. The van der Waals surface area contributed by atoms with E-state index in [1.807, 2.05) is 53.5 Å². The van der Waals surface area contributed by atoms with Crippen molar-refractivity contribution < 1.29 is 19.4 Å². The second kappa shape index (κ2) is 12.4. The number of nitrogens with one attached hydrogen (secondary N) is 1. The highest BCUT2D eigenvalue weighted by atomic mass is 16.5. The van der Waals surface area contributed by atoms with E-state index >= 15 is 0 Å². The van der Waals surface area contributed by atoms with Gasteiger partial charge in [-0.05, 0) is 53.8 Å². The van der Waals surface area contributed by atoms with Gasteiger partial charge in [-0.25, -0.2) is 10.0 Å². The highest BCUT2D eigenvalue weighted by Crippen LogP contribution is 2.29. The Hall–Kier alpha value is -3.59. The summed E-state index contributed by atoms with van der Waals surface area (Å²) in [7, 11) is 0. The Morgan fingerprint density at radius 1 is 1.17 bits per heavy atom. The molecule has 2 N–H and O–H groups in total. The van der Waals surface area contributed by atoms with Gasteiger partial charge in [0, 0.05) is 43.0 Å². The number of piperidine rings is 1. The molecule has 2 heterocycles. The zero-order valence-electron chi connectivity index (χ0n) is 20.3. The van der Waals surface area contributed by atoms with Crippen LogP contribution in [-0.2, 0) is 22.5 Å². The van der Waals surface area contributed by atoms with Crippen LogP contribution in [0.5, 0.6) is 5.75 Å². The van der Waals surface area contributed by atoms with Gasteiger partial charge in [-0.15, -0.1) is 0 Å². The first-order chi connectivity index (χ1) is 17.6. The van der Waals surface area contributed by atoms with Gasteiger partial charge in [-0.1, -0.05) is 35.8 Å². The predicted octanol–water partition coefficient (Wildman–Crippen LogP) is 3.53.